The molecule has 1 saturated carbocycles. The number of carbonyl (C=O) groups excluding carboxylic acids is 2. The van der Waals surface area contributed by atoms with Crippen molar-refractivity contribution in [2.24, 2.45) is 0 Å². The van der Waals surface area contributed by atoms with Gasteiger partial charge in [-0.25, -0.2) is 4.79 Å². The summed E-state index contributed by atoms with van der Waals surface area (Å²) in [5.41, 5.74) is -0.550. The SMILES string of the molecule is N#Cc1ccccc1OCC(=O)OCC(=O)NC1(C#N)CCCCC1. The quantitative estimate of drug-likeness (QED) is 0.790. The van der Waals surface area contributed by atoms with Crippen molar-refractivity contribution in [3.8, 4) is 17.9 Å². The molecule has 0 radical (unpaired) electrons. The largest absolute Gasteiger partial charge is 0.481 e. The molecule has 1 N–H and O–H groups in total. The van der Waals surface area contributed by atoms with Gasteiger partial charge in [0, 0.05) is 0 Å². The predicted molar refractivity (Wildman–Crippen MR) is 87.2 cm³/mol. The average molecular weight is 341 g/mol. The topological polar surface area (TPSA) is 112 Å². The molecule has 1 aliphatic carbocycles. The van der Waals surface area contributed by atoms with Crippen LogP contribution in [0.5, 0.6) is 5.75 Å². The highest BCUT2D eigenvalue weighted by atomic mass is 16.6. The third-order valence-corrected chi connectivity index (χ3v) is 4.02. The number of nitriles is 2. The lowest BCUT2D eigenvalue weighted by Crippen LogP contribution is -2.50. The molecule has 0 unspecified atom stereocenters. The van der Waals surface area contributed by atoms with Gasteiger partial charge in [0.15, 0.2) is 13.2 Å². The second-order valence-electron chi connectivity index (χ2n) is 5.86. The number of rotatable bonds is 6. The van der Waals surface area contributed by atoms with Crippen molar-refractivity contribution in [1.29, 1.82) is 10.5 Å². The standard InChI is InChI=1S/C18H19N3O4/c19-10-14-6-2-3-7-15(14)24-12-17(23)25-11-16(22)21-18(13-20)8-4-1-5-9-18/h2-3,6-7H,1,4-5,8-9,11-12H2,(H,21,22). The lowest BCUT2D eigenvalue weighted by atomic mass is 9.83. The summed E-state index contributed by atoms with van der Waals surface area (Å²) in [4.78, 5) is 23.6. The molecule has 1 aliphatic rings. The van der Waals surface area contributed by atoms with Crippen molar-refractivity contribution >= 4 is 11.9 Å². The second-order valence-corrected chi connectivity index (χ2v) is 5.86. The molecule has 0 atom stereocenters. The fraction of sp³-hybridized carbons (Fsp3) is 0.444. The highest BCUT2D eigenvalue weighted by molar-refractivity contribution is 5.81. The zero-order valence-corrected chi connectivity index (χ0v) is 13.8. The zero-order valence-electron chi connectivity index (χ0n) is 13.8. The Kier molecular flexibility index (Phi) is 6.36. The summed E-state index contributed by atoms with van der Waals surface area (Å²) in [6, 6.07) is 10.6. The second kappa shape index (κ2) is 8.70. The highest BCUT2D eigenvalue weighted by Gasteiger charge is 2.33. The predicted octanol–water partition coefficient (Wildman–Crippen LogP) is 1.82. The molecule has 1 aromatic carbocycles. The van der Waals surface area contributed by atoms with Crippen LogP contribution in [0.1, 0.15) is 37.7 Å². The summed E-state index contributed by atoms with van der Waals surface area (Å²) in [5.74, 6) is -0.955. The molecule has 2 rings (SSSR count). The Balaban J connectivity index is 1.77. The van der Waals surface area contributed by atoms with Gasteiger partial charge in [0.25, 0.3) is 5.91 Å². The lowest BCUT2D eigenvalue weighted by Gasteiger charge is -2.31. The van der Waals surface area contributed by atoms with E-state index in [4.69, 9.17) is 14.7 Å². The van der Waals surface area contributed by atoms with Crippen LogP contribution in [0.2, 0.25) is 0 Å². The number of esters is 1. The van der Waals surface area contributed by atoms with E-state index in [1.165, 1.54) is 0 Å². The van der Waals surface area contributed by atoms with Crippen LogP contribution in [0.4, 0.5) is 0 Å². The van der Waals surface area contributed by atoms with Crippen LogP contribution in [0.15, 0.2) is 24.3 Å². The summed E-state index contributed by atoms with van der Waals surface area (Å²) in [6.45, 7) is -0.874. The van der Waals surface area contributed by atoms with Crippen LogP contribution in [0.3, 0.4) is 0 Å². The van der Waals surface area contributed by atoms with Crippen molar-refractivity contribution in [3.63, 3.8) is 0 Å². The van der Waals surface area contributed by atoms with Gasteiger partial charge in [-0.3, -0.25) is 4.79 Å². The Labute approximate surface area is 146 Å². The van der Waals surface area contributed by atoms with Gasteiger partial charge in [-0.05, 0) is 25.0 Å². The molecular weight excluding hydrogens is 322 g/mol. The minimum Gasteiger partial charge on any atom is -0.481 e. The van der Waals surface area contributed by atoms with Gasteiger partial charge >= 0.3 is 5.97 Å². The molecule has 0 bridgehead atoms. The zero-order chi connectivity index (χ0) is 18.1. The molecule has 7 nitrogen and oxygen atoms in total. The van der Waals surface area contributed by atoms with Crippen molar-refractivity contribution in [2.45, 2.75) is 37.6 Å². The Morgan fingerprint density at radius 2 is 1.84 bits per heavy atom. The summed E-state index contributed by atoms with van der Waals surface area (Å²) in [5, 5.41) is 20.9. The van der Waals surface area contributed by atoms with Gasteiger partial charge in [0.05, 0.1) is 11.6 Å². The van der Waals surface area contributed by atoms with E-state index >= 15 is 0 Å². The van der Waals surface area contributed by atoms with Gasteiger partial charge in [0.1, 0.15) is 17.4 Å². The van der Waals surface area contributed by atoms with Crippen LogP contribution >= 0.6 is 0 Å². The van der Waals surface area contributed by atoms with Gasteiger partial charge in [-0.1, -0.05) is 31.4 Å². The average Bonchev–Trinajstić information content (AvgIpc) is 2.65. The summed E-state index contributed by atoms with van der Waals surface area (Å²) in [6.07, 6.45) is 4.05. The van der Waals surface area contributed by atoms with E-state index in [1.807, 2.05) is 6.07 Å². The van der Waals surface area contributed by atoms with Crippen LogP contribution < -0.4 is 10.1 Å². The van der Waals surface area contributed by atoms with E-state index in [0.29, 0.717) is 18.4 Å². The fourth-order valence-corrected chi connectivity index (χ4v) is 2.73. The van der Waals surface area contributed by atoms with Crippen molar-refractivity contribution in [2.75, 3.05) is 13.2 Å². The molecule has 0 aromatic heterocycles. The van der Waals surface area contributed by atoms with Crippen molar-refractivity contribution in [3.05, 3.63) is 29.8 Å². The number of para-hydroxylation sites is 1. The number of ether oxygens (including phenoxy) is 2. The molecule has 1 amide bonds. The number of carbonyl (C=O) groups is 2. The number of hydrogen-bond donors (Lipinski definition) is 1. The number of amides is 1. The summed E-state index contributed by atoms with van der Waals surface area (Å²) >= 11 is 0. The molecule has 25 heavy (non-hydrogen) atoms. The van der Waals surface area contributed by atoms with E-state index in [1.54, 1.807) is 24.3 Å². The van der Waals surface area contributed by atoms with Crippen LogP contribution in [0.25, 0.3) is 0 Å². The Morgan fingerprint density at radius 3 is 2.52 bits per heavy atom. The van der Waals surface area contributed by atoms with Crippen LogP contribution in [-0.2, 0) is 14.3 Å². The number of benzene rings is 1. The maximum atomic E-state index is 11.9. The maximum absolute atomic E-state index is 11.9. The molecule has 1 aromatic rings. The smallest absolute Gasteiger partial charge is 0.344 e. The Morgan fingerprint density at radius 1 is 1.12 bits per heavy atom. The Hall–Kier alpha value is -3.06. The first kappa shape index (κ1) is 18.3. The number of nitrogens with zero attached hydrogens (tertiary/aromatic N) is 2. The highest BCUT2D eigenvalue weighted by Crippen LogP contribution is 2.27. The summed E-state index contributed by atoms with van der Waals surface area (Å²) < 4.78 is 10.1. The van der Waals surface area contributed by atoms with Gasteiger partial charge in [-0.2, -0.15) is 10.5 Å². The van der Waals surface area contributed by atoms with E-state index in [-0.39, 0.29) is 5.75 Å². The first-order valence-electron chi connectivity index (χ1n) is 8.08. The molecule has 0 spiro atoms. The van der Waals surface area contributed by atoms with E-state index < -0.39 is 30.6 Å². The number of nitrogens with one attached hydrogen (secondary N) is 1. The molecule has 7 heteroatoms. The summed E-state index contributed by atoms with van der Waals surface area (Å²) in [7, 11) is 0. The maximum Gasteiger partial charge on any atom is 0.344 e. The monoisotopic (exact) mass is 341 g/mol. The van der Waals surface area contributed by atoms with Crippen LogP contribution in [0, 0.1) is 22.7 Å². The molecule has 0 aliphatic heterocycles. The van der Waals surface area contributed by atoms with Gasteiger partial charge in [-0.15, -0.1) is 0 Å². The number of hydrogen-bond acceptors (Lipinski definition) is 6. The van der Waals surface area contributed by atoms with Crippen molar-refractivity contribution < 1.29 is 19.1 Å². The van der Waals surface area contributed by atoms with Gasteiger partial charge in [0.2, 0.25) is 0 Å². The third-order valence-electron chi connectivity index (χ3n) is 4.02. The molecule has 1 fully saturated rings. The minimum atomic E-state index is -0.857. The normalized spacial score (nSPS) is 15.3. The molecule has 0 saturated heterocycles. The Bertz CT molecular complexity index is 712. The molecule has 0 heterocycles. The van der Waals surface area contributed by atoms with E-state index in [2.05, 4.69) is 11.4 Å². The fourth-order valence-electron chi connectivity index (χ4n) is 2.73. The lowest BCUT2D eigenvalue weighted by molar-refractivity contribution is -0.150. The first-order valence-corrected chi connectivity index (χ1v) is 8.08. The minimum absolute atomic E-state index is 0.275. The molecule has 130 valence electrons. The first-order chi connectivity index (χ1) is 12.1. The van der Waals surface area contributed by atoms with E-state index in [0.717, 1.165) is 19.3 Å². The molecular formula is C18H19N3O4. The van der Waals surface area contributed by atoms with Gasteiger partial charge < -0.3 is 14.8 Å². The van der Waals surface area contributed by atoms with Crippen molar-refractivity contribution in [1.82, 2.24) is 5.32 Å². The van der Waals surface area contributed by atoms with E-state index in [9.17, 15) is 14.9 Å². The third kappa shape index (κ3) is 5.22. The van der Waals surface area contributed by atoms with Crippen LogP contribution in [-0.4, -0.2) is 30.6 Å².